The Morgan fingerprint density at radius 3 is 2.68 bits per heavy atom. The third-order valence-corrected chi connectivity index (χ3v) is 5.97. The van der Waals surface area contributed by atoms with Crippen molar-refractivity contribution < 1.29 is 14.3 Å². The summed E-state index contributed by atoms with van der Waals surface area (Å²) in [5.41, 5.74) is 3.20. The Kier molecular flexibility index (Phi) is 5.65. The van der Waals surface area contributed by atoms with Crippen LogP contribution in [0.25, 0.3) is 0 Å². The van der Waals surface area contributed by atoms with E-state index in [1.165, 1.54) is 0 Å². The maximum absolute atomic E-state index is 12.7. The molecule has 1 aliphatic heterocycles. The molecule has 8 heteroatoms. The Balaban J connectivity index is 1.70. The highest BCUT2D eigenvalue weighted by atomic mass is 32.1. The summed E-state index contributed by atoms with van der Waals surface area (Å²) in [6.07, 6.45) is 0.152. The molecule has 2 heterocycles. The quantitative estimate of drug-likeness (QED) is 0.593. The molecule has 31 heavy (non-hydrogen) atoms. The van der Waals surface area contributed by atoms with Gasteiger partial charge in [0.1, 0.15) is 12.4 Å². The first kappa shape index (κ1) is 20.9. The Bertz CT molecular complexity index is 1280. The molecule has 1 atom stereocenters. The number of ether oxygens (including phenoxy) is 2. The summed E-state index contributed by atoms with van der Waals surface area (Å²) in [6, 6.07) is 13.5. The summed E-state index contributed by atoms with van der Waals surface area (Å²) in [5, 5.41) is 2.77. The van der Waals surface area contributed by atoms with Crippen molar-refractivity contribution in [2.24, 2.45) is 7.05 Å². The lowest BCUT2D eigenvalue weighted by Gasteiger charge is -2.27. The zero-order valence-electron chi connectivity index (χ0n) is 17.5. The van der Waals surface area contributed by atoms with E-state index in [0.29, 0.717) is 29.5 Å². The molecule has 0 aliphatic carbocycles. The van der Waals surface area contributed by atoms with E-state index in [1.54, 1.807) is 18.7 Å². The lowest BCUT2D eigenvalue weighted by Crippen LogP contribution is -2.33. The van der Waals surface area contributed by atoms with Crippen LogP contribution in [-0.2, 0) is 18.4 Å². The number of fused-ring (bicyclic) bond motifs is 1. The maximum Gasteiger partial charge on any atom is 0.257 e. The first-order valence-electron chi connectivity index (χ1n) is 9.87. The molecule has 4 rings (SSSR count). The molecule has 0 bridgehead atoms. The predicted octanol–water partition coefficient (Wildman–Crippen LogP) is 3.81. The third-order valence-electron chi connectivity index (χ3n) is 5.59. The van der Waals surface area contributed by atoms with Gasteiger partial charge in [0.05, 0.1) is 12.7 Å². The van der Waals surface area contributed by atoms with Crippen LogP contribution in [0, 0.1) is 11.7 Å². The van der Waals surface area contributed by atoms with Crippen molar-refractivity contribution in [1.82, 2.24) is 9.55 Å². The Morgan fingerprint density at radius 1 is 1.16 bits per heavy atom. The number of amides is 1. The lowest BCUT2D eigenvalue weighted by molar-refractivity contribution is -0.116. The van der Waals surface area contributed by atoms with Gasteiger partial charge in [-0.3, -0.25) is 14.6 Å². The van der Waals surface area contributed by atoms with Crippen LogP contribution in [0.2, 0.25) is 0 Å². The Hall–Kier alpha value is -3.39. The average molecular weight is 438 g/mol. The monoisotopic (exact) mass is 437 g/mol. The molecule has 0 saturated heterocycles. The summed E-state index contributed by atoms with van der Waals surface area (Å²) in [5.74, 6) is 0.962. The van der Waals surface area contributed by atoms with Crippen LogP contribution in [-0.4, -0.2) is 22.6 Å². The number of hydrogen-bond donors (Lipinski definition) is 2. The van der Waals surface area contributed by atoms with Crippen molar-refractivity contribution in [2.45, 2.75) is 25.9 Å². The second-order valence-electron chi connectivity index (χ2n) is 7.51. The molecule has 0 fully saturated rings. The van der Waals surface area contributed by atoms with E-state index in [2.05, 4.69) is 10.3 Å². The number of benzene rings is 2. The lowest BCUT2D eigenvalue weighted by atomic mass is 9.86. The summed E-state index contributed by atoms with van der Waals surface area (Å²) >= 11 is 5.17. The molecule has 3 aromatic rings. The molecule has 160 valence electrons. The number of aryl methyl sites for hydroxylation is 1. The van der Waals surface area contributed by atoms with E-state index >= 15 is 0 Å². The first-order chi connectivity index (χ1) is 14.9. The topological polar surface area (TPSA) is 85.4 Å². The summed E-state index contributed by atoms with van der Waals surface area (Å²) in [7, 11) is 3.28. The van der Waals surface area contributed by atoms with E-state index in [1.807, 2.05) is 49.4 Å². The molecule has 1 unspecified atom stereocenters. The number of aromatic amines is 1. The fourth-order valence-corrected chi connectivity index (χ4v) is 4.00. The molecule has 0 saturated carbocycles. The van der Waals surface area contributed by atoms with E-state index in [9.17, 15) is 9.59 Å². The first-order valence-corrected chi connectivity index (χ1v) is 10.3. The van der Waals surface area contributed by atoms with E-state index in [4.69, 9.17) is 21.7 Å². The van der Waals surface area contributed by atoms with Gasteiger partial charge in [-0.15, -0.1) is 0 Å². The minimum atomic E-state index is -0.423. The zero-order chi connectivity index (χ0) is 22.1. The van der Waals surface area contributed by atoms with Gasteiger partial charge in [-0.1, -0.05) is 30.3 Å². The van der Waals surface area contributed by atoms with Gasteiger partial charge in [0.2, 0.25) is 5.91 Å². The van der Waals surface area contributed by atoms with Crippen molar-refractivity contribution in [3.05, 3.63) is 79.8 Å². The highest BCUT2D eigenvalue weighted by molar-refractivity contribution is 7.71. The fraction of sp³-hybridized carbons (Fsp3) is 0.261. The summed E-state index contributed by atoms with van der Waals surface area (Å²) in [6.45, 7) is 2.45. The largest absolute Gasteiger partial charge is 0.493 e. The molecule has 2 aromatic carbocycles. The number of hydrogen-bond acceptors (Lipinski definition) is 5. The van der Waals surface area contributed by atoms with Crippen LogP contribution < -0.4 is 20.3 Å². The van der Waals surface area contributed by atoms with Crippen molar-refractivity contribution in [2.75, 3.05) is 12.4 Å². The number of nitrogens with zero attached hydrogens (tertiary/aromatic N) is 1. The van der Waals surface area contributed by atoms with Crippen molar-refractivity contribution >= 4 is 23.9 Å². The van der Waals surface area contributed by atoms with Crippen molar-refractivity contribution in [3.63, 3.8) is 0 Å². The number of H-pyrrole nitrogens is 1. The van der Waals surface area contributed by atoms with Gasteiger partial charge in [-0.05, 0) is 48.0 Å². The summed E-state index contributed by atoms with van der Waals surface area (Å²) in [4.78, 5) is 27.7. The van der Waals surface area contributed by atoms with Gasteiger partial charge >= 0.3 is 0 Å². The van der Waals surface area contributed by atoms with Crippen molar-refractivity contribution in [1.29, 1.82) is 0 Å². The van der Waals surface area contributed by atoms with E-state index < -0.39 is 5.92 Å². The molecular formula is C23H23N3O4S. The van der Waals surface area contributed by atoms with Crippen LogP contribution in [0.4, 0.5) is 5.82 Å². The van der Waals surface area contributed by atoms with Crippen LogP contribution in [0.5, 0.6) is 11.5 Å². The van der Waals surface area contributed by atoms with Gasteiger partial charge in [-0.25, -0.2) is 0 Å². The van der Waals surface area contributed by atoms with Crippen LogP contribution in [0.3, 0.4) is 0 Å². The van der Waals surface area contributed by atoms with Gasteiger partial charge in [0.25, 0.3) is 5.56 Å². The van der Waals surface area contributed by atoms with Gasteiger partial charge in [0, 0.05) is 19.4 Å². The molecule has 7 nitrogen and oxygen atoms in total. The number of carbonyl (C=O) groups excluding carboxylic acids is 1. The second kappa shape index (κ2) is 8.39. The third kappa shape index (κ3) is 3.98. The number of nitrogens with one attached hydrogen (secondary N) is 2. The minimum absolute atomic E-state index is 0.152. The number of carbonyl (C=O) groups is 1. The van der Waals surface area contributed by atoms with Crippen LogP contribution in [0.1, 0.15) is 34.6 Å². The summed E-state index contributed by atoms with van der Waals surface area (Å²) < 4.78 is 13.4. The standard InChI is InChI=1S/C23H23N3O4S/c1-13-6-4-5-7-15(13)12-30-17-9-8-14(10-18(17)29-3)16-11-19(27)24-21-20(16)22(28)25-23(31)26(21)2/h4-10,16H,11-12H2,1-3H3,(H,24,27)(H,25,28,31). The zero-order valence-corrected chi connectivity index (χ0v) is 18.3. The maximum atomic E-state index is 12.7. The average Bonchev–Trinajstić information content (AvgIpc) is 2.76. The molecule has 1 aromatic heterocycles. The number of methoxy groups -OCH3 is 1. The molecule has 0 spiro atoms. The smallest absolute Gasteiger partial charge is 0.257 e. The molecule has 1 aliphatic rings. The molecule has 2 N–H and O–H groups in total. The normalized spacial score (nSPS) is 15.2. The Morgan fingerprint density at radius 2 is 1.94 bits per heavy atom. The molecule has 1 amide bonds. The number of anilines is 1. The SMILES string of the molecule is COc1cc(C2CC(=O)Nc3c2c(=O)[nH]c(=S)n3C)ccc1OCc1ccccc1C. The molecular weight excluding hydrogens is 414 g/mol. The Labute approximate surface area is 184 Å². The molecule has 0 radical (unpaired) electrons. The van der Waals surface area contributed by atoms with E-state index in [-0.39, 0.29) is 22.7 Å². The van der Waals surface area contributed by atoms with Gasteiger partial charge in [-0.2, -0.15) is 0 Å². The second-order valence-corrected chi connectivity index (χ2v) is 7.90. The number of aromatic nitrogens is 2. The highest BCUT2D eigenvalue weighted by Gasteiger charge is 2.31. The number of rotatable bonds is 5. The highest BCUT2D eigenvalue weighted by Crippen LogP contribution is 2.38. The van der Waals surface area contributed by atoms with Crippen LogP contribution in [0.15, 0.2) is 47.3 Å². The van der Waals surface area contributed by atoms with E-state index in [0.717, 1.165) is 16.7 Å². The van der Waals surface area contributed by atoms with Crippen LogP contribution >= 0.6 is 12.2 Å². The fourth-order valence-electron chi connectivity index (χ4n) is 3.82. The van der Waals surface area contributed by atoms with Gasteiger partial charge in [0.15, 0.2) is 16.3 Å². The van der Waals surface area contributed by atoms with Gasteiger partial charge < -0.3 is 19.4 Å². The van der Waals surface area contributed by atoms with Crippen molar-refractivity contribution in [3.8, 4) is 11.5 Å². The minimum Gasteiger partial charge on any atom is -0.493 e. The predicted molar refractivity (Wildman–Crippen MR) is 120 cm³/mol.